The Morgan fingerprint density at radius 3 is 2.38 bits per heavy atom. The highest BCUT2D eigenvalue weighted by molar-refractivity contribution is 7.92. The minimum atomic E-state index is -3.68. The van der Waals surface area contributed by atoms with E-state index in [-0.39, 0.29) is 11.0 Å². The zero-order chi connectivity index (χ0) is 21.0. The molecule has 0 spiro atoms. The van der Waals surface area contributed by atoms with Crippen molar-refractivity contribution in [2.75, 3.05) is 23.2 Å². The number of hydrogen-bond donors (Lipinski definition) is 3. The number of benzene rings is 2. The fraction of sp³-hybridized carbons (Fsp3) is 0.381. The van der Waals surface area contributed by atoms with Crippen molar-refractivity contribution in [3.05, 3.63) is 53.1 Å². The molecular weight excluding hydrogens is 406 g/mol. The van der Waals surface area contributed by atoms with Gasteiger partial charge in [-0.15, -0.1) is 0 Å². The summed E-state index contributed by atoms with van der Waals surface area (Å²) >= 11 is 5.29. The van der Waals surface area contributed by atoms with Crippen LogP contribution in [0.4, 0.5) is 11.4 Å². The highest BCUT2D eigenvalue weighted by Gasteiger charge is 2.17. The van der Waals surface area contributed by atoms with E-state index in [9.17, 15) is 8.42 Å². The molecule has 3 rings (SSSR count). The minimum absolute atomic E-state index is 0.195. The van der Waals surface area contributed by atoms with Gasteiger partial charge in [0, 0.05) is 18.8 Å². The summed E-state index contributed by atoms with van der Waals surface area (Å²) in [6, 6.07) is 10.4. The second kappa shape index (κ2) is 9.11. The molecule has 2 aromatic rings. The first-order valence-corrected chi connectivity index (χ1v) is 11.5. The quantitative estimate of drug-likeness (QED) is 0.600. The summed E-state index contributed by atoms with van der Waals surface area (Å²) in [5, 5.41) is 6.69. The number of anilines is 2. The zero-order valence-electron chi connectivity index (χ0n) is 16.9. The molecule has 6 nitrogen and oxygen atoms in total. The van der Waals surface area contributed by atoms with Crippen molar-refractivity contribution in [2.24, 2.45) is 0 Å². The molecule has 29 heavy (non-hydrogen) atoms. The van der Waals surface area contributed by atoms with Crippen LogP contribution in [0.1, 0.15) is 29.5 Å². The van der Waals surface area contributed by atoms with Gasteiger partial charge in [-0.2, -0.15) is 0 Å². The molecule has 0 aliphatic carbocycles. The van der Waals surface area contributed by atoms with E-state index < -0.39 is 10.0 Å². The van der Waals surface area contributed by atoms with E-state index in [0.29, 0.717) is 17.3 Å². The van der Waals surface area contributed by atoms with Gasteiger partial charge in [0.1, 0.15) is 0 Å². The molecule has 1 unspecified atom stereocenters. The Kier molecular flexibility index (Phi) is 6.77. The van der Waals surface area contributed by atoms with Crippen LogP contribution >= 0.6 is 12.2 Å². The molecule has 1 atom stereocenters. The number of nitrogens with one attached hydrogen (secondary N) is 3. The summed E-state index contributed by atoms with van der Waals surface area (Å²) in [4.78, 5) is 0.195. The molecule has 1 fully saturated rings. The van der Waals surface area contributed by atoms with E-state index in [2.05, 4.69) is 15.4 Å². The van der Waals surface area contributed by atoms with Gasteiger partial charge in [-0.05, 0) is 81.2 Å². The average Bonchev–Trinajstić information content (AvgIpc) is 3.17. The number of aryl methyl sites for hydroxylation is 3. The molecule has 0 amide bonds. The molecule has 8 heteroatoms. The van der Waals surface area contributed by atoms with Crippen molar-refractivity contribution in [1.29, 1.82) is 0 Å². The van der Waals surface area contributed by atoms with Gasteiger partial charge in [-0.25, -0.2) is 8.42 Å². The molecule has 0 bridgehead atoms. The lowest BCUT2D eigenvalue weighted by atomic mass is 10.1. The predicted molar refractivity (Wildman–Crippen MR) is 121 cm³/mol. The lowest BCUT2D eigenvalue weighted by molar-refractivity contribution is 0.114. The van der Waals surface area contributed by atoms with E-state index in [0.717, 1.165) is 41.8 Å². The van der Waals surface area contributed by atoms with Crippen molar-refractivity contribution < 1.29 is 13.2 Å². The van der Waals surface area contributed by atoms with Crippen LogP contribution in [-0.2, 0) is 14.8 Å². The third kappa shape index (κ3) is 5.68. The van der Waals surface area contributed by atoms with E-state index in [1.54, 1.807) is 24.3 Å². The van der Waals surface area contributed by atoms with Crippen molar-refractivity contribution in [3.63, 3.8) is 0 Å². The van der Waals surface area contributed by atoms with Gasteiger partial charge >= 0.3 is 0 Å². The Morgan fingerprint density at radius 1 is 1.14 bits per heavy atom. The normalized spacial score (nSPS) is 16.4. The summed E-state index contributed by atoms with van der Waals surface area (Å²) in [6.07, 6.45) is 2.31. The van der Waals surface area contributed by atoms with Crippen LogP contribution in [0.25, 0.3) is 0 Å². The maximum atomic E-state index is 12.8. The second-order valence-electron chi connectivity index (χ2n) is 7.37. The lowest BCUT2D eigenvalue weighted by Gasteiger charge is -2.15. The Morgan fingerprint density at radius 2 is 1.79 bits per heavy atom. The highest BCUT2D eigenvalue weighted by Crippen LogP contribution is 2.25. The molecule has 1 saturated heterocycles. The fourth-order valence-electron chi connectivity index (χ4n) is 3.44. The second-order valence-corrected chi connectivity index (χ2v) is 9.46. The maximum Gasteiger partial charge on any atom is 0.261 e. The van der Waals surface area contributed by atoms with Crippen LogP contribution in [-0.4, -0.2) is 32.8 Å². The van der Waals surface area contributed by atoms with E-state index >= 15 is 0 Å². The molecule has 1 heterocycles. The summed E-state index contributed by atoms with van der Waals surface area (Å²) in [7, 11) is -3.68. The molecule has 156 valence electrons. The van der Waals surface area contributed by atoms with Gasteiger partial charge in [-0.1, -0.05) is 17.7 Å². The Balaban J connectivity index is 1.63. The van der Waals surface area contributed by atoms with E-state index in [1.165, 1.54) is 0 Å². The number of rotatable bonds is 6. The summed E-state index contributed by atoms with van der Waals surface area (Å²) < 4.78 is 33.8. The van der Waals surface area contributed by atoms with Crippen molar-refractivity contribution >= 4 is 38.7 Å². The molecule has 3 N–H and O–H groups in total. The molecule has 2 aromatic carbocycles. The third-order valence-corrected chi connectivity index (χ3v) is 6.46. The van der Waals surface area contributed by atoms with Gasteiger partial charge in [0.2, 0.25) is 0 Å². The van der Waals surface area contributed by atoms with Gasteiger partial charge < -0.3 is 15.4 Å². The Labute approximate surface area is 178 Å². The first-order chi connectivity index (χ1) is 13.7. The predicted octanol–water partition coefficient (Wildman–Crippen LogP) is 3.88. The SMILES string of the molecule is Cc1cc(C)c(NS(=O)(=O)c2ccc(NC(=S)NCC3CCCO3)cc2)c(C)c1. The molecular formula is C21H27N3O3S2. The van der Waals surface area contributed by atoms with Crippen molar-refractivity contribution in [3.8, 4) is 0 Å². The monoisotopic (exact) mass is 433 g/mol. The van der Waals surface area contributed by atoms with Gasteiger partial charge in [0.05, 0.1) is 16.7 Å². The lowest BCUT2D eigenvalue weighted by Crippen LogP contribution is -2.34. The largest absolute Gasteiger partial charge is 0.376 e. The summed E-state index contributed by atoms with van der Waals surface area (Å²) in [5.74, 6) is 0. The van der Waals surface area contributed by atoms with Crippen LogP contribution in [0.2, 0.25) is 0 Å². The highest BCUT2D eigenvalue weighted by atomic mass is 32.2. The fourth-order valence-corrected chi connectivity index (χ4v) is 4.84. The van der Waals surface area contributed by atoms with Gasteiger partial charge in [0.25, 0.3) is 10.0 Å². The smallest absolute Gasteiger partial charge is 0.261 e. The van der Waals surface area contributed by atoms with Crippen LogP contribution in [0.3, 0.4) is 0 Å². The summed E-state index contributed by atoms with van der Waals surface area (Å²) in [6.45, 7) is 7.25. The number of hydrogen-bond acceptors (Lipinski definition) is 4. The topological polar surface area (TPSA) is 79.5 Å². The van der Waals surface area contributed by atoms with Crippen molar-refractivity contribution in [1.82, 2.24) is 5.32 Å². The zero-order valence-corrected chi connectivity index (χ0v) is 18.5. The van der Waals surface area contributed by atoms with Crippen LogP contribution in [0, 0.1) is 20.8 Å². The molecule has 1 aliphatic rings. The van der Waals surface area contributed by atoms with E-state index in [1.807, 2.05) is 32.9 Å². The van der Waals surface area contributed by atoms with Gasteiger partial charge in [-0.3, -0.25) is 4.72 Å². The Bertz CT molecular complexity index is 960. The Hall–Kier alpha value is -2.16. The molecule has 0 radical (unpaired) electrons. The summed E-state index contributed by atoms with van der Waals surface area (Å²) in [5.41, 5.74) is 4.23. The molecule has 1 aliphatic heterocycles. The van der Waals surface area contributed by atoms with Crippen LogP contribution in [0.15, 0.2) is 41.3 Å². The van der Waals surface area contributed by atoms with Crippen molar-refractivity contribution in [2.45, 2.75) is 44.6 Å². The maximum absolute atomic E-state index is 12.8. The minimum Gasteiger partial charge on any atom is -0.376 e. The first-order valence-electron chi connectivity index (χ1n) is 9.62. The molecule has 0 saturated carbocycles. The van der Waals surface area contributed by atoms with Gasteiger partial charge in [0.15, 0.2) is 5.11 Å². The first kappa shape index (κ1) is 21.5. The number of sulfonamides is 1. The van der Waals surface area contributed by atoms with Crippen LogP contribution in [0.5, 0.6) is 0 Å². The van der Waals surface area contributed by atoms with E-state index in [4.69, 9.17) is 17.0 Å². The standard InChI is InChI=1S/C21H27N3O3S2/c1-14-11-15(2)20(16(3)12-14)24-29(25,26)19-8-6-17(7-9-19)23-21(28)22-13-18-5-4-10-27-18/h6-9,11-12,18,24H,4-5,10,13H2,1-3H3,(H2,22,23,28). The number of ether oxygens (including phenoxy) is 1. The third-order valence-electron chi connectivity index (χ3n) is 4.85. The number of thiocarbonyl (C=S) groups is 1. The average molecular weight is 434 g/mol. The molecule has 0 aromatic heterocycles. The van der Waals surface area contributed by atoms with Crippen LogP contribution < -0.4 is 15.4 Å².